The average Bonchev–Trinajstić information content (AvgIpc) is 3.33. The third kappa shape index (κ3) is 4.72. The van der Waals surface area contributed by atoms with Crippen LogP contribution >= 0.6 is 0 Å². The van der Waals surface area contributed by atoms with E-state index >= 15 is 0 Å². The summed E-state index contributed by atoms with van der Waals surface area (Å²) in [4.78, 5) is 18.8. The highest BCUT2D eigenvalue weighted by Gasteiger charge is 2.35. The maximum absolute atomic E-state index is 12.6. The number of ether oxygens (including phenoxy) is 2. The smallest absolute Gasteiger partial charge is 0.263 e. The maximum atomic E-state index is 12.6. The van der Waals surface area contributed by atoms with Gasteiger partial charge in [-0.15, -0.1) is 0 Å². The maximum Gasteiger partial charge on any atom is 0.263 e. The van der Waals surface area contributed by atoms with Crippen LogP contribution in [0.4, 0.5) is 0 Å². The summed E-state index contributed by atoms with van der Waals surface area (Å²) in [5.41, 5.74) is 1.67. The summed E-state index contributed by atoms with van der Waals surface area (Å²) in [6.07, 6.45) is -0.622. The van der Waals surface area contributed by atoms with E-state index in [2.05, 4.69) is 10.1 Å². The largest absolute Gasteiger partial charge is 0.487 e. The highest BCUT2D eigenvalue weighted by atomic mass is 16.5. The molecule has 166 valence electrons. The predicted octanol–water partition coefficient (Wildman–Crippen LogP) is 4.46. The summed E-state index contributed by atoms with van der Waals surface area (Å²) in [7, 11) is 0. The summed E-state index contributed by atoms with van der Waals surface area (Å²) >= 11 is 0. The molecule has 0 spiro atoms. The molecule has 3 aromatic carbocycles. The Hall–Kier alpha value is -4.13. The second-order valence-electron chi connectivity index (χ2n) is 7.87. The van der Waals surface area contributed by atoms with E-state index in [-0.39, 0.29) is 12.0 Å². The number of para-hydroxylation sites is 1. The lowest BCUT2D eigenvalue weighted by Crippen LogP contribution is -2.58. The average molecular weight is 441 g/mol. The van der Waals surface area contributed by atoms with Crippen LogP contribution in [0.3, 0.4) is 0 Å². The second kappa shape index (κ2) is 9.16. The first-order chi connectivity index (χ1) is 16.2. The Bertz CT molecular complexity index is 1220. The summed E-state index contributed by atoms with van der Waals surface area (Å²) in [6, 6.07) is 26.5. The molecule has 1 unspecified atom stereocenters. The number of carbonyl (C=O) groups excluding carboxylic acids is 1. The highest BCUT2D eigenvalue weighted by Crippen LogP contribution is 2.27. The molecule has 4 aromatic rings. The fourth-order valence-electron chi connectivity index (χ4n) is 3.64. The van der Waals surface area contributed by atoms with E-state index < -0.39 is 6.10 Å². The third-order valence-electron chi connectivity index (χ3n) is 5.41. The zero-order chi connectivity index (χ0) is 22.6. The Balaban J connectivity index is 1.17. The van der Waals surface area contributed by atoms with Crippen LogP contribution in [0.15, 0.2) is 89.5 Å². The topological polar surface area (TPSA) is 77.7 Å². The first-order valence-corrected chi connectivity index (χ1v) is 10.8. The van der Waals surface area contributed by atoms with Crippen LogP contribution in [0, 0.1) is 0 Å². The Morgan fingerprint density at radius 2 is 1.61 bits per heavy atom. The van der Waals surface area contributed by atoms with Gasteiger partial charge in [0.25, 0.3) is 11.8 Å². The molecule has 0 saturated carbocycles. The molecule has 0 N–H and O–H groups in total. The van der Waals surface area contributed by atoms with Gasteiger partial charge in [0, 0.05) is 11.1 Å². The van der Waals surface area contributed by atoms with Crippen molar-refractivity contribution < 1.29 is 18.8 Å². The van der Waals surface area contributed by atoms with E-state index in [1.54, 1.807) is 11.8 Å². The van der Waals surface area contributed by atoms with Crippen molar-refractivity contribution in [3.8, 4) is 34.3 Å². The van der Waals surface area contributed by atoms with Gasteiger partial charge in [-0.25, -0.2) is 0 Å². The van der Waals surface area contributed by atoms with Gasteiger partial charge in [0.1, 0.15) is 17.6 Å². The van der Waals surface area contributed by atoms with Crippen LogP contribution in [-0.4, -0.2) is 46.2 Å². The molecular weight excluding hydrogens is 418 g/mol. The van der Waals surface area contributed by atoms with Crippen LogP contribution < -0.4 is 9.47 Å². The fourth-order valence-corrected chi connectivity index (χ4v) is 3.64. The van der Waals surface area contributed by atoms with E-state index in [9.17, 15) is 4.79 Å². The first kappa shape index (κ1) is 20.8. The summed E-state index contributed by atoms with van der Waals surface area (Å²) < 4.78 is 17.2. The second-order valence-corrected chi connectivity index (χ2v) is 7.87. The Kier molecular flexibility index (Phi) is 5.76. The van der Waals surface area contributed by atoms with Crippen LogP contribution in [0.25, 0.3) is 22.8 Å². The molecular formula is C26H23N3O4. The van der Waals surface area contributed by atoms with E-state index in [1.165, 1.54) is 0 Å². The van der Waals surface area contributed by atoms with Crippen LogP contribution in [0.2, 0.25) is 0 Å². The van der Waals surface area contributed by atoms with Crippen molar-refractivity contribution in [2.75, 3.05) is 13.1 Å². The molecule has 1 atom stereocenters. The minimum Gasteiger partial charge on any atom is -0.487 e. The molecule has 0 radical (unpaired) electrons. The molecule has 7 heteroatoms. The van der Waals surface area contributed by atoms with E-state index in [1.807, 2.05) is 84.9 Å². The van der Waals surface area contributed by atoms with Crippen molar-refractivity contribution in [3.63, 3.8) is 0 Å². The Labute approximate surface area is 191 Å². The van der Waals surface area contributed by atoms with Gasteiger partial charge in [-0.3, -0.25) is 4.79 Å². The Morgan fingerprint density at radius 3 is 2.36 bits per heavy atom. The van der Waals surface area contributed by atoms with Gasteiger partial charge in [-0.1, -0.05) is 59.8 Å². The fraction of sp³-hybridized carbons (Fsp3) is 0.192. The summed E-state index contributed by atoms with van der Waals surface area (Å²) in [6.45, 7) is 2.80. The SMILES string of the molecule is CC(Oc1ccccc1)C(=O)N1CC(Oc2cccc(-c3nc(-c4ccccc4)no3)c2)C1. The van der Waals surface area contributed by atoms with Crippen molar-refractivity contribution >= 4 is 5.91 Å². The monoisotopic (exact) mass is 441 g/mol. The van der Waals surface area contributed by atoms with Crippen molar-refractivity contribution in [2.45, 2.75) is 19.1 Å². The highest BCUT2D eigenvalue weighted by molar-refractivity contribution is 5.81. The molecule has 1 saturated heterocycles. The van der Waals surface area contributed by atoms with Crippen LogP contribution in [0.1, 0.15) is 6.92 Å². The minimum absolute atomic E-state index is 0.0493. The number of aromatic nitrogens is 2. The van der Waals surface area contributed by atoms with Gasteiger partial charge in [-0.05, 0) is 37.3 Å². The van der Waals surface area contributed by atoms with E-state index in [0.717, 1.165) is 11.1 Å². The molecule has 1 aliphatic rings. The van der Waals surface area contributed by atoms with Gasteiger partial charge in [-0.2, -0.15) is 4.98 Å². The molecule has 2 heterocycles. The quantitative estimate of drug-likeness (QED) is 0.421. The number of likely N-dealkylation sites (tertiary alicyclic amines) is 1. The number of benzene rings is 3. The third-order valence-corrected chi connectivity index (χ3v) is 5.41. The van der Waals surface area contributed by atoms with Crippen molar-refractivity contribution in [1.29, 1.82) is 0 Å². The normalized spacial score (nSPS) is 14.4. The molecule has 33 heavy (non-hydrogen) atoms. The van der Waals surface area contributed by atoms with E-state index in [0.29, 0.717) is 36.3 Å². The number of hydrogen-bond donors (Lipinski definition) is 0. The van der Waals surface area contributed by atoms with Gasteiger partial charge in [0.05, 0.1) is 13.1 Å². The lowest BCUT2D eigenvalue weighted by atomic mass is 10.1. The zero-order valence-corrected chi connectivity index (χ0v) is 18.1. The van der Waals surface area contributed by atoms with E-state index in [4.69, 9.17) is 14.0 Å². The molecule has 0 bridgehead atoms. The number of nitrogens with zero attached hydrogens (tertiary/aromatic N) is 3. The molecule has 7 nitrogen and oxygen atoms in total. The lowest BCUT2D eigenvalue weighted by molar-refractivity contribution is -0.146. The van der Waals surface area contributed by atoms with Crippen molar-refractivity contribution in [1.82, 2.24) is 15.0 Å². The number of hydrogen-bond acceptors (Lipinski definition) is 6. The molecule has 1 fully saturated rings. The van der Waals surface area contributed by atoms with Gasteiger partial charge >= 0.3 is 0 Å². The van der Waals surface area contributed by atoms with Crippen molar-refractivity contribution in [2.24, 2.45) is 0 Å². The van der Waals surface area contributed by atoms with Gasteiger partial charge in [0.2, 0.25) is 5.82 Å². The summed E-state index contributed by atoms with van der Waals surface area (Å²) in [5.74, 6) is 2.29. The van der Waals surface area contributed by atoms with Crippen LogP contribution in [0.5, 0.6) is 11.5 Å². The molecule has 5 rings (SSSR count). The molecule has 1 aliphatic heterocycles. The lowest BCUT2D eigenvalue weighted by Gasteiger charge is -2.40. The van der Waals surface area contributed by atoms with Crippen molar-refractivity contribution in [3.05, 3.63) is 84.9 Å². The molecule has 0 aliphatic carbocycles. The number of carbonyl (C=O) groups is 1. The number of rotatable bonds is 7. The summed E-state index contributed by atoms with van der Waals surface area (Å²) in [5, 5.41) is 4.07. The Morgan fingerprint density at radius 1 is 0.939 bits per heavy atom. The zero-order valence-electron chi connectivity index (χ0n) is 18.1. The standard InChI is InChI=1S/C26H23N3O4/c1-18(31-21-12-6-3-7-13-21)26(30)29-16-23(17-29)32-22-14-8-11-20(15-22)25-27-24(28-33-25)19-9-4-2-5-10-19/h2-15,18,23H,16-17H2,1H3. The molecule has 1 aromatic heterocycles. The first-order valence-electron chi connectivity index (χ1n) is 10.8. The van der Waals surface area contributed by atoms with Gasteiger partial charge < -0.3 is 18.9 Å². The predicted molar refractivity (Wildman–Crippen MR) is 123 cm³/mol. The van der Waals surface area contributed by atoms with Gasteiger partial charge in [0.15, 0.2) is 6.10 Å². The minimum atomic E-state index is -0.548. The molecule has 1 amide bonds. The van der Waals surface area contributed by atoms with Crippen LogP contribution in [-0.2, 0) is 4.79 Å². The number of amides is 1.